The second kappa shape index (κ2) is 7.75. The Bertz CT molecular complexity index is 800. The van der Waals surface area contributed by atoms with E-state index in [9.17, 15) is 5.11 Å². The molecule has 3 aromatic rings. The van der Waals surface area contributed by atoms with Gasteiger partial charge in [-0.05, 0) is 40.8 Å². The minimum absolute atomic E-state index is 0.00759. The van der Waals surface area contributed by atoms with Crippen LogP contribution in [0.5, 0.6) is 5.88 Å². The molecule has 0 radical (unpaired) electrons. The monoisotopic (exact) mass is 319 g/mol. The number of benzene rings is 2. The Kier molecular flexibility index (Phi) is 5.24. The molecule has 3 heteroatoms. The van der Waals surface area contributed by atoms with E-state index in [2.05, 4.69) is 24.0 Å². The van der Waals surface area contributed by atoms with Gasteiger partial charge in [0.15, 0.2) is 0 Å². The Balaban J connectivity index is 1.94. The highest BCUT2D eigenvalue weighted by atomic mass is 16.5. The number of hydrogen-bond acceptors (Lipinski definition) is 3. The molecular weight excluding hydrogens is 298 g/mol. The number of rotatable bonds is 6. The molecule has 0 spiro atoms. The largest absolute Gasteiger partial charge is 0.472 e. The number of aliphatic hydroxyl groups is 1. The van der Waals surface area contributed by atoms with Crippen LogP contribution in [0.25, 0.3) is 11.1 Å². The van der Waals surface area contributed by atoms with Gasteiger partial charge in [-0.3, -0.25) is 0 Å². The van der Waals surface area contributed by atoms with Crippen LogP contribution in [-0.4, -0.2) is 10.1 Å². The summed E-state index contributed by atoms with van der Waals surface area (Å²) in [6.07, 6.45) is 2.67. The molecule has 0 bridgehead atoms. The minimum Gasteiger partial charge on any atom is -0.472 e. The predicted molar refractivity (Wildman–Crippen MR) is 95.7 cm³/mol. The van der Waals surface area contributed by atoms with Crippen molar-refractivity contribution in [1.29, 1.82) is 0 Å². The van der Waals surface area contributed by atoms with Gasteiger partial charge in [0, 0.05) is 11.8 Å². The molecule has 2 aromatic carbocycles. The SMILES string of the molecule is CCc1ccc(CO)c(-c2cccnc2OCc2ccccc2)c1. The number of aromatic nitrogens is 1. The second-order valence-corrected chi connectivity index (χ2v) is 5.63. The molecule has 0 saturated heterocycles. The van der Waals surface area contributed by atoms with E-state index in [1.54, 1.807) is 6.20 Å². The number of aliphatic hydroxyl groups excluding tert-OH is 1. The molecule has 1 heterocycles. The van der Waals surface area contributed by atoms with Gasteiger partial charge in [0.05, 0.1) is 6.61 Å². The molecular formula is C21H21NO2. The molecule has 0 atom stereocenters. The maximum absolute atomic E-state index is 9.68. The summed E-state index contributed by atoms with van der Waals surface area (Å²) in [5.41, 5.74) is 5.09. The highest BCUT2D eigenvalue weighted by Gasteiger charge is 2.12. The van der Waals surface area contributed by atoms with Gasteiger partial charge in [-0.15, -0.1) is 0 Å². The minimum atomic E-state index is -0.00759. The molecule has 122 valence electrons. The molecule has 1 N–H and O–H groups in total. The van der Waals surface area contributed by atoms with Crippen LogP contribution in [0, 0.1) is 0 Å². The van der Waals surface area contributed by atoms with Crippen LogP contribution < -0.4 is 4.74 Å². The van der Waals surface area contributed by atoms with E-state index in [0.29, 0.717) is 12.5 Å². The first-order chi connectivity index (χ1) is 11.8. The predicted octanol–water partition coefficient (Wildman–Crippen LogP) is 4.38. The summed E-state index contributed by atoms with van der Waals surface area (Å²) < 4.78 is 5.96. The van der Waals surface area contributed by atoms with Crippen LogP contribution in [0.3, 0.4) is 0 Å². The van der Waals surface area contributed by atoms with Crippen molar-refractivity contribution < 1.29 is 9.84 Å². The normalized spacial score (nSPS) is 10.6. The molecule has 0 unspecified atom stereocenters. The van der Waals surface area contributed by atoms with Crippen molar-refractivity contribution in [3.8, 4) is 17.0 Å². The highest BCUT2D eigenvalue weighted by Crippen LogP contribution is 2.32. The van der Waals surface area contributed by atoms with Crippen LogP contribution in [-0.2, 0) is 19.6 Å². The first-order valence-corrected chi connectivity index (χ1v) is 8.16. The molecule has 3 nitrogen and oxygen atoms in total. The van der Waals surface area contributed by atoms with Crippen LogP contribution >= 0.6 is 0 Å². The third-order valence-corrected chi connectivity index (χ3v) is 4.03. The average molecular weight is 319 g/mol. The van der Waals surface area contributed by atoms with E-state index in [-0.39, 0.29) is 6.61 Å². The molecule has 0 saturated carbocycles. The Morgan fingerprint density at radius 1 is 0.917 bits per heavy atom. The molecule has 0 amide bonds. The van der Waals surface area contributed by atoms with Gasteiger partial charge in [0.2, 0.25) is 5.88 Å². The maximum atomic E-state index is 9.68. The maximum Gasteiger partial charge on any atom is 0.221 e. The third kappa shape index (κ3) is 3.63. The van der Waals surface area contributed by atoms with Gasteiger partial charge in [-0.1, -0.05) is 55.5 Å². The molecule has 0 aliphatic heterocycles. The summed E-state index contributed by atoms with van der Waals surface area (Å²) >= 11 is 0. The van der Waals surface area contributed by atoms with Crippen molar-refractivity contribution in [2.75, 3.05) is 0 Å². The van der Waals surface area contributed by atoms with Crippen LogP contribution in [0.4, 0.5) is 0 Å². The first kappa shape index (κ1) is 16.2. The van der Waals surface area contributed by atoms with Gasteiger partial charge < -0.3 is 9.84 Å². The van der Waals surface area contributed by atoms with E-state index < -0.39 is 0 Å². The molecule has 24 heavy (non-hydrogen) atoms. The van der Waals surface area contributed by atoms with Crippen LogP contribution in [0.1, 0.15) is 23.6 Å². The Hall–Kier alpha value is -2.65. The van der Waals surface area contributed by atoms with Gasteiger partial charge in [0.25, 0.3) is 0 Å². The Morgan fingerprint density at radius 2 is 1.75 bits per heavy atom. The summed E-state index contributed by atoms with van der Waals surface area (Å²) in [5.74, 6) is 0.587. The zero-order valence-electron chi connectivity index (χ0n) is 13.8. The van der Waals surface area contributed by atoms with Crippen LogP contribution in [0.2, 0.25) is 0 Å². The summed E-state index contributed by atoms with van der Waals surface area (Å²) in [4.78, 5) is 4.40. The van der Waals surface area contributed by atoms with Crippen molar-refractivity contribution in [2.45, 2.75) is 26.6 Å². The molecule has 0 aliphatic carbocycles. The summed E-state index contributed by atoms with van der Waals surface area (Å²) in [5, 5.41) is 9.68. The Labute approximate surface area is 142 Å². The van der Waals surface area contributed by atoms with E-state index in [4.69, 9.17) is 4.74 Å². The lowest BCUT2D eigenvalue weighted by molar-refractivity contribution is 0.282. The zero-order valence-corrected chi connectivity index (χ0v) is 13.8. The first-order valence-electron chi connectivity index (χ1n) is 8.16. The third-order valence-electron chi connectivity index (χ3n) is 4.03. The topological polar surface area (TPSA) is 42.4 Å². The van der Waals surface area contributed by atoms with E-state index in [0.717, 1.165) is 28.7 Å². The van der Waals surface area contributed by atoms with Gasteiger partial charge >= 0.3 is 0 Å². The molecule has 0 aliphatic rings. The van der Waals surface area contributed by atoms with Crippen LogP contribution in [0.15, 0.2) is 66.9 Å². The Morgan fingerprint density at radius 3 is 2.50 bits per heavy atom. The number of pyridine rings is 1. The smallest absolute Gasteiger partial charge is 0.221 e. The molecule has 1 aromatic heterocycles. The summed E-state index contributed by atoms with van der Waals surface area (Å²) in [7, 11) is 0. The fourth-order valence-corrected chi connectivity index (χ4v) is 2.67. The van der Waals surface area contributed by atoms with Gasteiger partial charge in [-0.2, -0.15) is 0 Å². The van der Waals surface area contributed by atoms with Gasteiger partial charge in [0.1, 0.15) is 6.61 Å². The van der Waals surface area contributed by atoms with Gasteiger partial charge in [-0.25, -0.2) is 4.98 Å². The fraction of sp³-hybridized carbons (Fsp3) is 0.190. The van der Waals surface area contributed by atoms with E-state index in [1.807, 2.05) is 48.5 Å². The number of nitrogens with zero attached hydrogens (tertiary/aromatic N) is 1. The lowest BCUT2D eigenvalue weighted by atomic mass is 9.97. The lowest BCUT2D eigenvalue weighted by Crippen LogP contribution is -2.00. The van der Waals surface area contributed by atoms with Crippen molar-refractivity contribution in [3.05, 3.63) is 83.6 Å². The lowest BCUT2D eigenvalue weighted by Gasteiger charge is -2.14. The quantitative estimate of drug-likeness (QED) is 0.733. The zero-order chi connectivity index (χ0) is 16.8. The van der Waals surface area contributed by atoms with Crippen molar-refractivity contribution >= 4 is 0 Å². The van der Waals surface area contributed by atoms with Crippen molar-refractivity contribution in [2.24, 2.45) is 0 Å². The highest BCUT2D eigenvalue weighted by molar-refractivity contribution is 5.72. The molecule has 0 fully saturated rings. The standard InChI is InChI=1S/C21H21NO2/c1-2-16-10-11-18(14-23)20(13-16)19-9-6-12-22-21(19)24-15-17-7-4-3-5-8-17/h3-13,23H,2,14-15H2,1H3. The number of ether oxygens (including phenoxy) is 1. The van der Waals surface area contributed by atoms with Crippen molar-refractivity contribution in [1.82, 2.24) is 4.98 Å². The van der Waals surface area contributed by atoms with E-state index in [1.165, 1.54) is 5.56 Å². The number of aryl methyl sites for hydroxylation is 1. The van der Waals surface area contributed by atoms with Crippen molar-refractivity contribution in [3.63, 3.8) is 0 Å². The number of hydrogen-bond donors (Lipinski definition) is 1. The fourth-order valence-electron chi connectivity index (χ4n) is 2.67. The summed E-state index contributed by atoms with van der Waals surface area (Å²) in [6, 6.07) is 20.0. The average Bonchev–Trinajstić information content (AvgIpc) is 2.67. The summed E-state index contributed by atoms with van der Waals surface area (Å²) in [6.45, 7) is 2.58. The second-order valence-electron chi connectivity index (χ2n) is 5.63. The molecule has 3 rings (SSSR count). The van der Waals surface area contributed by atoms with E-state index >= 15 is 0 Å².